The SMILES string of the molecule is CC(=O)Nc1ccc2cc(S(=O)(=O)O)cc(O)c2c1/N=N/c1cc(NC(=O)CCCS(=O)(=O)CCCl)c(/N=N/c2ccc(S(=O)(=O)CCOS(=O)(=O)O)cc2)cc1S(=O)(=O)O. The van der Waals surface area contributed by atoms with E-state index >= 15 is 0 Å². The van der Waals surface area contributed by atoms with Crippen LogP contribution < -0.4 is 10.6 Å². The second-order valence-electron chi connectivity index (χ2n) is 12.4. The van der Waals surface area contributed by atoms with Crippen LogP contribution in [0.2, 0.25) is 0 Å². The van der Waals surface area contributed by atoms with Crippen molar-refractivity contribution >= 4 is 119 Å². The Morgan fingerprint density at radius 2 is 1.36 bits per heavy atom. The first kappa shape index (κ1) is 48.6. The van der Waals surface area contributed by atoms with Gasteiger partial charge < -0.3 is 15.7 Å². The summed E-state index contributed by atoms with van der Waals surface area (Å²) in [4.78, 5) is 23.1. The monoisotopic (exact) mass is 968 g/mol. The van der Waals surface area contributed by atoms with E-state index in [0.29, 0.717) is 12.1 Å². The number of fused-ring (bicyclic) bond motifs is 1. The Morgan fingerprint density at radius 1 is 0.705 bits per heavy atom. The van der Waals surface area contributed by atoms with Crippen molar-refractivity contribution in [2.24, 2.45) is 20.5 Å². The molecule has 4 rings (SSSR count). The zero-order chi connectivity index (χ0) is 45.6. The van der Waals surface area contributed by atoms with E-state index in [-0.39, 0.29) is 56.5 Å². The molecule has 0 heterocycles. The summed E-state index contributed by atoms with van der Waals surface area (Å²) in [5.41, 5.74) is -2.09. The predicted octanol–water partition coefficient (Wildman–Crippen LogP) is 4.79. The molecule has 0 bridgehead atoms. The van der Waals surface area contributed by atoms with Crippen LogP contribution in [-0.4, -0.2) is 102 Å². The topological polar surface area (TPSA) is 368 Å². The van der Waals surface area contributed by atoms with Gasteiger partial charge in [0.05, 0.1) is 56.1 Å². The van der Waals surface area contributed by atoms with Gasteiger partial charge in [0, 0.05) is 25.3 Å². The van der Waals surface area contributed by atoms with Gasteiger partial charge in [-0.05, 0) is 60.3 Å². The fraction of sp³-hybridized carbons (Fsp3) is 0.250. The summed E-state index contributed by atoms with van der Waals surface area (Å²) in [6, 6.07) is 10.0. The molecule has 0 aliphatic carbocycles. The van der Waals surface area contributed by atoms with Crippen LogP contribution in [-0.2, 0) is 64.1 Å². The number of aromatic hydroxyl groups is 1. The van der Waals surface area contributed by atoms with E-state index in [9.17, 15) is 65.9 Å². The van der Waals surface area contributed by atoms with Gasteiger partial charge in [-0.3, -0.25) is 23.2 Å². The number of hydrogen-bond donors (Lipinski definition) is 6. The van der Waals surface area contributed by atoms with E-state index < -0.39 is 114 Å². The molecule has 61 heavy (non-hydrogen) atoms. The number of benzene rings is 4. The second kappa shape index (κ2) is 19.3. The predicted molar refractivity (Wildman–Crippen MR) is 218 cm³/mol. The molecule has 0 unspecified atom stereocenters. The van der Waals surface area contributed by atoms with Gasteiger partial charge in [0.2, 0.25) is 11.8 Å². The van der Waals surface area contributed by atoms with Crippen LogP contribution in [0.3, 0.4) is 0 Å². The maximum Gasteiger partial charge on any atom is 0.397 e. The molecule has 29 heteroatoms. The van der Waals surface area contributed by atoms with Gasteiger partial charge in [-0.25, -0.2) is 21.0 Å². The van der Waals surface area contributed by atoms with Crippen LogP contribution in [0.25, 0.3) is 10.8 Å². The van der Waals surface area contributed by atoms with Crippen molar-refractivity contribution in [2.75, 3.05) is 40.4 Å². The minimum absolute atomic E-state index is 0.0562. The maximum absolute atomic E-state index is 13.1. The zero-order valence-corrected chi connectivity index (χ0v) is 35.9. The number of azo groups is 2. The van der Waals surface area contributed by atoms with E-state index in [4.69, 9.17) is 16.2 Å². The molecule has 0 radical (unpaired) electrons. The second-order valence-corrected chi connectivity index (χ2v) is 21.1. The largest absolute Gasteiger partial charge is 0.507 e. The van der Waals surface area contributed by atoms with Crippen LogP contribution in [0.4, 0.5) is 34.1 Å². The highest BCUT2D eigenvalue weighted by Gasteiger charge is 2.23. The molecular formula is C32H33ClN6O17S5. The number of phenolic OH excluding ortho intramolecular Hbond substituents is 1. The maximum atomic E-state index is 13.1. The lowest BCUT2D eigenvalue weighted by molar-refractivity contribution is -0.116. The highest BCUT2D eigenvalue weighted by molar-refractivity contribution is 7.91. The van der Waals surface area contributed by atoms with Gasteiger partial charge in [-0.1, -0.05) is 6.07 Å². The molecule has 0 aliphatic rings. The Bertz CT molecular complexity index is 3000. The number of rotatable bonds is 19. The molecule has 6 N–H and O–H groups in total. The van der Waals surface area contributed by atoms with Crippen molar-refractivity contribution in [1.82, 2.24) is 0 Å². The summed E-state index contributed by atoms with van der Waals surface area (Å²) in [5.74, 6) is -4.05. The number of nitrogens with zero attached hydrogens (tertiary/aromatic N) is 4. The molecule has 2 amide bonds. The molecule has 4 aromatic rings. The first-order valence-corrected chi connectivity index (χ1v) is 25.0. The van der Waals surface area contributed by atoms with Crippen LogP contribution in [0, 0.1) is 0 Å². The first-order valence-electron chi connectivity index (χ1n) is 16.7. The molecule has 0 spiro atoms. The lowest BCUT2D eigenvalue weighted by Crippen LogP contribution is -2.16. The Balaban J connectivity index is 1.84. The molecule has 0 saturated heterocycles. The number of hydrogen-bond acceptors (Lipinski definition) is 18. The Labute approximate surface area is 353 Å². The lowest BCUT2D eigenvalue weighted by Gasteiger charge is -2.13. The van der Waals surface area contributed by atoms with Crippen molar-refractivity contribution in [3.8, 4) is 5.75 Å². The number of phenols is 1. The molecule has 4 aromatic carbocycles. The molecule has 23 nitrogen and oxygen atoms in total. The number of alkyl halides is 1. The average molecular weight is 969 g/mol. The fourth-order valence-corrected chi connectivity index (χ4v) is 9.53. The quantitative estimate of drug-likeness (QED) is 0.0418. The summed E-state index contributed by atoms with van der Waals surface area (Å²) in [6.45, 7) is 0.214. The van der Waals surface area contributed by atoms with Gasteiger partial charge in [-0.15, -0.1) is 26.9 Å². The molecule has 0 aromatic heterocycles. The number of anilines is 2. The number of nitrogens with one attached hydrogen (secondary N) is 2. The third kappa shape index (κ3) is 14.0. The highest BCUT2D eigenvalue weighted by Crippen LogP contribution is 2.43. The Kier molecular flexibility index (Phi) is 15.4. The lowest BCUT2D eigenvalue weighted by atomic mass is 10.1. The van der Waals surface area contributed by atoms with Crippen LogP contribution >= 0.6 is 11.6 Å². The van der Waals surface area contributed by atoms with Crippen molar-refractivity contribution in [2.45, 2.75) is 34.5 Å². The number of amides is 2. The fourth-order valence-electron chi connectivity index (χ4n) is 5.15. The third-order valence-electron chi connectivity index (χ3n) is 7.84. The van der Waals surface area contributed by atoms with E-state index in [1.54, 1.807) is 0 Å². The van der Waals surface area contributed by atoms with Gasteiger partial charge in [0.15, 0.2) is 19.7 Å². The summed E-state index contributed by atoms with van der Waals surface area (Å²) in [7, 11) is -22.7. The summed E-state index contributed by atoms with van der Waals surface area (Å²) < 4.78 is 152. The van der Waals surface area contributed by atoms with Gasteiger partial charge in [0.1, 0.15) is 27.7 Å². The number of sulfone groups is 2. The molecule has 0 aliphatic heterocycles. The van der Waals surface area contributed by atoms with Crippen LogP contribution in [0.1, 0.15) is 19.8 Å². The van der Waals surface area contributed by atoms with Crippen molar-refractivity contribution < 1.29 is 74.6 Å². The van der Waals surface area contributed by atoms with Crippen molar-refractivity contribution in [1.29, 1.82) is 0 Å². The normalized spacial score (nSPS) is 12.9. The van der Waals surface area contributed by atoms with E-state index in [2.05, 4.69) is 35.3 Å². The van der Waals surface area contributed by atoms with E-state index in [1.807, 2.05) is 0 Å². The molecule has 330 valence electrons. The van der Waals surface area contributed by atoms with Crippen molar-refractivity contribution in [3.63, 3.8) is 0 Å². The summed E-state index contributed by atoms with van der Waals surface area (Å²) >= 11 is 5.53. The van der Waals surface area contributed by atoms with Crippen LogP contribution in [0.15, 0.2) is 95.8 Å². The Hall–Kier alpha value is -5.04. The smallest absolute Gasteiger partial charge is 0.397 e. The minimum atomic E-state index is -5.25. The summed E-state index contributed by atoms with van der Waals surface area (Å²) in [6.07, 6.45) is -0.578. The van der Waals surface area contributed by atoms with Gasteiger partial charge >= 0.3 is 10.4 Å². The molecular weight excluding hydrogens is 936 g/mol. The third-order valence-corrected chi connectivity index (χ3v) is 13.9. The number of carbonyl (C=O) groups excluding carboxylic acids is 2. The standard InChI is InChI=1S/C32H33ClN6O17S5/c1-19(40)34-24-9-4-20-15-23(59(47,48)49)16-28(41)31(20)32(24)39-38-27-17-25(35-30(42)3-2-12-57(43,44)13-10-33)26(18-29(27)60(50,51)52)37-36-21-5-7-22(8-6-21)58(45,46)14-11-56-61(53,54)55/h4-9,15-18,41H,2-3,10-14H2,1H3,(H,34,40)(H,35,42)(H,47,48,49)(H,50,51,52)(H,53,54,55)/b37-36+,39-38+. The van der Waals surface area contributed by atoms with Crippen LogP contribution in [0.5, 0.6) is 5.75 Å². The van der Waals surface area contributed by atoms with Gasteiger partial charge in [0.25, 0.3) is 20.2 Å². The van der Waals surface area contributed by atoms with Gasteiger partial charge in [-0.2, -0.15) is 30.4 Å². The van der Waals surface area contributed by atoms with Crippen molar-refractivity contribution in [3.05, 3.63) is 60.7 Å². The molecule has 0 fully saturated rings. The summed E-state index contributed by atoms with van der Waals surface area (Å²) in [5, 5.41) is 31.1. The zero-order valence-electron chi connectivity index (χ0n) is 31.0. The Morgan fingerprint density at radius 3 is 1.95 bits per heavy atom. The molecule has 0 atom stereocenters. The molecule has 0 saturated carbocycles. The number of carbonyl (C=O) groups is 2. The van der Waals surface area contributed by atoms with E-state index in [1.165, 1.54) is 12.1 Å². The highest BCUT2D eigenvalue weighted by atomic mass is 35.5. The number of halogens is 1. The van der Waals surface area contributed by atoms with E-state index in [0.717, 1.165) is 43.3 Å². The first-order chi connectivity index (χ1) is 28.2. The average Bonchev–Trinajstić information content (AvgIpc) is 3.12. The minimum Gasteiger partial charge on any atom is -0.507 e.